The fourth-order valence-electron chi connectivity index (χ4n) is 2.08. The van der Waals surface area contributed by atoms with E-state index in [4.69, 9.17) is 9.84 Å². The van der Waals surface area contributed by atoms with Crippen LogP contribution < -0.4 is 0 Å². The number of carbonyl (C=O) groups is 2. The Bertz CT molecular complexity index is 262. The lowest BCUT2D eigenvalue weighted by Gasteiger charge is -2.27. The topological polar surface area (TPSA) is 63.6 Å². The summed E-state index contributed by atoms with van der Waals surface area (Å²) >= 11 is 0. The van der Waals surface area contributed by atoms with E-state index in [1.807, 2.05) is 13.8 Å². The fourth-order valence-corrected chi connectivity index (χ4v) is 2.08. The van der Waals surface area contributed by atoms with Gasteiger partial charge in [0.1, 0.15) is 0 Å². The maximum absolute atomic E-state index is 11.8. The van der Waals surface area contributed by atoms with Crippen LogP contribution in [0.4, 0.5) is 0 Å². The van der Waals surface area contributed by atoms with Crippen LogP contribution in [0.3, 0.4) is 0 Å². The van der Waals surface area contributed by atoms with Gasteiger partial charge in [-0.2, -0.15) is 0 Å². The summed E-state index contributed by atoms with van der Waals surface area (Å²) in [6.45, 7) is 3.77. The quantitative estimate of drug-likeness (QED) is 0.749. The van der Waals surface area contributed by atoms with E-state index in [2.05, 4.69) is 0 Å². The first-order chi connectivity index (χ1) is 7.56. The second-order valence-electron chi connectivity index (χ2n) is 4.49. The molecule has 0 saturated heterocycles. The summed E-state index contributed by atoms with van der Waals surface area (Å²) in [4.78, 5) is 22.8. The van der Waals surface area contributed by atoms with E-state index in [0.29, 0.717) is 12.8 Å². The number of rotatable bonds is 4. The lowest BCUT2D eigenvalue weighted by atomic mass is 9.79. The van der Waals surface area contributed by atoms with Crippen molar-refractivity contribution in [2.24, 2.45) is 11.8 Å². The predicted molar refractivity (Wildman–Crippen MR) is 58.9 cm³/mol. The molecular formula is C12H20O4. The molecule has 1 aliphatic rings. The average molecular weight is 228 g/mol. The van der Waals surface area contributed by atoms with Crippen LogP contribution >= 0.6 is 0 Å². The summed E-state index contributed by atoms with van der Waals surface area (Å²) < 4.78 is 5.22. The molecule has 3 unspecified atom stereocenters. The van der Waals surface area contributed by atoms with Gasteiger partial charge in [0, 0.05) is 0 Å². The first-order valence-corrected chi connectivity index (χ1v) is 5.99. The highest BCUT2D eigenvalue weighted by atomic mass is 16.5. The number of aliphatic carboxylic acids is 1. The summed E-state index contributed by atoms with van der Waals surface area (Å²) in [5.41, 5.74) is 0. The van der Waals surface area contributed by atoms with Crippen LogP contribution in [0.25, 0.3) is 0 Å². The molecule has 0 aromatic rings. The molecule has 0 aromatic heterocycles. The molecule has 4 heteroatoms. The minimum Gasteiger partial charge on any atom is -0.481 e. The number of hydrogen-bond acceptors (Lipinski definition) is 3. The minimum absolute atomic E-state index is 0.121. The van der Waals surface area contributed by atoms with Gasteiger partial charge in [0.2, 0.25) is 0 Å². The molecule has 1 N–H and O–H groups in total. The monoisotopic (exact) mass is 228 g/mol. The maximum atomic E-state index is 11.8. The Hall–Kier alpha value is -1.06. The van der Waals surface area contributed by atoms with Gasteiger partial charge in [-0.1, -0.05) is 19.8 Å². The van der Waals surface area contributed by atoms with Crippen LogP contribution in [0.15, 0.2) is 0 Å². The van der Waals surface area contributed by atoms with Gasteiger partial charge < -0.3 is 9.84 Å². The second kappa shape index (κ2) is 5.87. The molecule has 1 saturated carbocycles. The van der Waals surface area contributed by atoms with Crippen molar-refractivity contribution < 1.29 is 19.4 Å². The third-order valence-corrected chi connectivity index (χ3v) is 3.28. The van der Waals surface area contributed by atoms with E-state index in [9.17, 15) is 9.59 Å². The summed E-state index contributed by atoms with van der Waals surface area (Å²) in [5.74, 6) is -2.20. The molecule has 1 rings (SSSR count). The number of carboxylic acids is 1. The number of hydrogen-bond donors (Lipinski definition) is 1. The van der Waals surface area contributed by atoms with E-state index in [-0.39, 0.29) is 12.1 Å². The number of esters is 1. The van der Waals surface area contributed by atoms with E-state index < -0.39 is 17.8 Å². The van der Waals surface area contributed by atoms with E-state index in [1.54, 1.807) is 0 Å². The largest absolute Gasteiger partial charge is 0.481 e. The van der Waals surface area contributed by atoms with Crippen molar-refractivity contribution in [3.05, 3.63) is 0 Å². The van der Waals surface area contributed by atoms with E-state index >= 15 is 0 Å². The standard InChI is InChI=1S/C12H20O4/c1-3-8(2)16-12(15)10-7-5-4-6-9(10)11(13)14/h8-10H,3-7H2,1-2H3,(H,13,14). The van der Waals surface area contributed by atoms with E-state index in [0.717, 1.165) is 19.3 Å². The highest BCUT2D eigenvalue weighted by Gasteiger charge is 2.37. The van der Waals surface area contributed by atoms with Crippen LogP contribution in [0.1, 0.15) is 46.0 Å². The number of ether oxygens (including phenoxy) is 1. The van der Waals surface area contributed by atoms with Crippen molar-refractivity contribution in [1.82, 2.24) is 0 Å². The van der Waals surface area contributed by atoms with Gasteiger partial charge in [-0.15, -0.1) is 0 Å². The van der Waals surface area contributed by atoms with Crippen molar-refractivity contribution in [2.75, 3.05) is 0 Å². The zero-order chi connectivity index (χ0) is 12.1. The van der Waals surface area contributed by atoms with Gasteiger partial charge in [-0.3, -0.25) is 9.59 Å². The molecule has 0 aliphatic heterocycles. The summed E-state index contributed by atoms with van der Waals surface area (Å²) in [5, 5.41) is 9.04. The van der Waals surface area contributed by atoms with Crippen molar-refractivity contribution in [3.63, 3.8) is 0 Å². The molecule has 16 heavy (non-hydrogen) atoms. The number of carbonyl (C=O) groups excluding carboxylic acids is 1. The smallest absolute Gasteiger partial charge is 0.310 e. The molecule has 92 valence electrons. The second-order valence-corrected chi connectivity index (χ2v) is 4.49. The van der Waals surface area contributed by atoms with E-state index in [1.165, 1.54) is 0 Å². The SMILES string of the molecule is CCC(C)OC(=O)C1CCCCC1C(=O)O. The zero-order valence-electron chi connectivity index (χ0n) is 9.94. The predicted octanol–water partition coefficient (Wildman–Crippen LogP) is 2.22. The Labute approximate surface area is 96.0 Å². The van der Waals surface area contributed by atoms with Gasteiger partial charge in [-0.05, 0) is 26.2 Å². The number of carboxylic acid groups (broad SMARTS) is 1. The van der Waals surface area contributed by atoms with Gasteiger partial charge in [0.25, 0.3) is 0 Å². The first-order valence-electron chi connectivity index (χ1n) is 5.99. The van der Waals surface area contributed by atoms with Crippen LogP contribution in [0.2, 0.25) is 0 Å². The molecule has 1 aliphatic carbocycles. The molecule has 0 bridgehead atoms. The zero-order valence-corrected chi connectivity index (χ0v) is 9.94. The molecule has 3 atom stereocenters. The highest BCUT2D eigenvalue weighted by Crippen LogP contribution is 2.31. The summed E-state index contributed by atoms with van der Waals surface area (Å²) in [6.07, 6.45) is 3.69. The molecule has 0 heterocycles. The van der Waals surface area contributed by atoms with Crippen LogP contribution in [-0.4, -0.2) is 23.1 Å². The molecule has 0 spiro atoms. The Balaban J connectivity index is 2.60. The third-order valence-electron chi connectivity index (χ3n) is 3.28. The van der Waals surface area contributed by atoms with Gasteiger partial charge >= 0.3 is 11.9 Å². The van der Waals surface area contributed by atoms with Crippen LogP contribution in [0.5, 0.6) is 0 Å². The van der Waals surface area contributed by atoms with Crippen molar-refractivity contribution in [1.29, 1.82) is 0 Å². The molecule has 1 fully saturated rings. The van der Waals surface area contributed by atoms with Crippen molar-refractivity contribution >= 4 is 11.9 Å². The summed E-state index contributed by atoms with van der Waals surface area (Å²) in [6, 6.07) is 0. The lowest BCUT2D eigenvalue weighted by molar-refractivity contribution is -0.163. The molecule has 4 nitrogen and oxygen atoms in total. The first kappa shape index (κ1) is 13.0. The van der Waals surface area contributed by atoms with Gasteiger partial charge in [0.15, 0.2) is 0 Å². The van der Waals surface area contributed by atoms with Gasteiger partial charge in [0.05, 0.1) is 17.9 Å². The Kier molecular flexibility index (Phi) is 4.77. The third kappa shape index (κ3) is 3.22. The van der Waals surface area contributed by atoms with Crippen LogP contribution in [-0.2, 0) is 14.3 Å². The average Bonchev–Trinajstić information content (AvgIpc) is 2.28. The van der Waals surface area contributed by atoms with Crippen molar-refractivity contribution in [2.45, 2.75) is 52.1 Å². The lowest BCUT2D eigenvalue weighted by Crippen LogP contribution is -2.35. The Morgan fingerprint density at radius 1 is 1.31 bits per heavy atom. The van der Waals surface area contributed by atoms with Crippen LogP contribution in [0, 0.1) is 11.8 Å². The molecule has 0 radical (unpaired) electrons. The molecule has 0 aromatic carbocycles. The molecular weight excluding hydrogens is 208 g/mol. The minimum atomic E-state index is -0.870. The van der Waals surface area contributed by atoms with Gasteiger partial charge in [-0.25, -0.2) is 0 Å². The highest BCUT2D eigenvalue weighted by molar-refractivity contribution is 5.81. The fraction of sp³-hybridized carbons (Fsp3) is 0.833. The summed E-state index contributed by atoms with van der Waals surface area (Å²) in [7, 11) is 0. The Morgan fingerprint density at radius 3 is 2.38 bits per heavy atom. The normalized spacial score (nSPS) is 27.1. The molecule has 0 amide bonds. The van der Waals surface area contributed by atoms with Crippen molar-refractivity contribution in [3.8, 4) is 0 Å². The maximum Gasteiger partial charge on any atom is 0.310 e. The Morgan fingerprint density at radius 2 is 1.88 bits per heavy atom.